The molecular weight excluding hydrogens is 303 g/mol. The zero-order valence-electron chi connectivity index (χ0n) is 9.37. The van der Waals surface area contributed by atoms with E-state index in [0.717, 1.165) is 0 Å². The summed E-state index contributed by atoms with van der Waals surface area (Å²) in [6, 6.07) is 0. The van der Waals surface area contributed by atoms with Crippen molar-refractivity contribution in [2.75, 3.05) is 0 Å². The normalized spacial score (nSPS) is 13.2. The van der Waals surface area contributed by atoms with E-state index in [1.165, 1.54) is 7.60 Å². The molecule has 0 unspecified atom stereocenters. The summed E-state index contributed by atoms with van der Waals surface area (Å²) in [6.07, 6.45) is 0. The molecule has 12 heavy (non-hydrogen) atoms. The maximum atomic E-state index is 6.53. The molecule has 0 rings (SSSR count). The first-order valence-corrected chi connectivity index (χ1v) is 21.0. The van der Waals surface area contributed by atoms with Gasteiger partial charge in [-0.1, -0.05) is 0 Å². The molecule has 0 bridgehead atoms. The van der Waals surface area contributed by atoms with Gasteiger partial charge in [-0.3, -0.25) is 0 Å². The Labute approximate surface area is 91.2 Å². The topological polar surface area (TPSA) is 0 Å². The average Bonchev–Trinajstić information content (AvgIpc) is 1.49. The van der Waals surface area contributed by atoms with E-state index in [9.17, 15) is 0 Å². The zero-order chi connectivity index (χ0) is 9.99. The van der Waals surface area contributed by atoms with Gasteiger partial charge < -0.3 is 0 Å². The summed E-state index contributed by atoms with van der Waals surface area (Å²) in [5.74, 6) is 0. The Morgan fingerprint density at radius 2 is 1.08 bits per heavy atom. The summed E-state index contributed by atoms with van der Waals surface area (Å²) < 4.78 is 2.97. The van der Waals surface area contributed by atoms with E-state index in [4.69, 9.17) is 8.58 Å². The minimum atomic E-state index is -1.52. The molecule has 0 aromatic rings. The van der Waals surface area contributed by atoms with Crippen LogP contribution in [0.5, 0.6) is 0 Å². The second kappa shape index (κ2) is 4.90. The van der Waals surface area contributed by atoms with Gasteiger partial charge >= 0.3 is 91.9 Å². The number of halogens is 1. The van der Waals surface area contributed by atoms with Crippen molar-refractivity contribution >= 4 is 45.0 Å². The van der Waals surface area contributed by atoms with E-state index in [1.807, 2.05) is 0 Å². The van der Waals surface area contributed by atoms with Gasteiger partial charge in [-0.2, -0.15) is 0 Å². The van der Waals surface area contributed by atoms with Gasteiger partial charge in [0.2, 0.25) is 0 Å². The zero-order valence-corrected chi connectivity index (χ0v) is 15.4. The average molecular weight is 325 g/mol. The third-order valence-corrected chi connectivity index (χ3v) is 39.8. The van der Waals surface area contributed by atoms with E-state index in [1.54, 1.807) is 0 Å². The van der Waals surface area contributed by atoms with Gasteiger partial charge in [0.1, 0.15) is 0 Å². The molecule has 0 spiro atoms. The predicted octanol–water partition coefficient (Wildman–Crippen LogP) is 3.97. The van der Waals surface area contributed by atoms with Crippen LogP contribution in [0.4, 0.5) is 0 Å². The van der Waals surface area contributed by atoms with Crippen molar-refractivity contribution in [2.45, 2.75) is 46.9 Å². The molecule has 0 aliphatic rings. The Kier molecular flexibility index (Phi) is 5.55. The maximum absolute atomic E-state index is 6.53. The molecule has 0 saturated heterocycles. The number of rotatable bonds is 4. The van der Waals surface area contributed by atoms with Crippen molar-refractivity contribution in [1.29, 1.82) is 0 Å². The predicted molar refractivity (Wildman–Crippen MR) is 67.9 cm³/mol. The van der Waals surface area contributed by atoms with Gasteiger partial charge in [0, 0.05) is 0 Å². The van der Waals surface area contributed by atoms with Gasteiger partial charge in [0.05, 0.1) is 0 Å². The third kappa shape index (κ3) is 9.68. The molecule has 0 atom stereocenters. The molecule has 0 aromatic carbocycles. The molecule has 0 N–H and O–H groups in total. The molecule has 4 heteroatoms. The van der Waals surface area contributed by atoms with Gasteiger partial charge in [0.15, 0.2) is 0 Å². The van der Waals surface area contributed by atoms with Gasteiger partial charge in [-0.15, -0.1) is 0 Å². The molecule has 0 radical (unpaired) electrons. The SMILES string of the molecule is C[Si](C)(C)[CH2][In]([Cl])[CH2][Si](C)(C)C. The molecule has 0 amide bonds. The minimum absolute atomic E-state index is 0.836. The summed E-state index contributed by atoms with van der Waals surface area (Å²) >= 11 is -1.52. The van der Waals surface area contributed by atoms with E-state index >= 15 is 0 Å². The van der Waals surface area contributed by atoms with Crippen LogP contribution in [-0.2, 0) is 0 Å². The fourth-order valence-electron chi connectivity index (χ4n) is 1.40. The van der Waals surface area contributed by atoms with Crippen LogP contribution in [0.15, 0.2) is 0 Å². The summed E-state index contributed by atoms with van der Waals surface area (Å²) in [5.41, 5.74) is 0. The molecule has 0 aliphatic heterocycles. The molecule has 0 nitrogen and oxygen atoms in total. The van der Waals surface area contributed by atoms with Crippen molar-refractivity contribution in [3.63, 3.8) is 0 Å². The van der Waals surface area contributed by atoms with Crippen LogP contribution in [0.2, 0.25) is 46.9 Å². The van der Waals surface area contributed by atoms with Crippen LogP contribution in [-0.4, -0.2) is 36.4 Å². The third-order valence-electron chi connectivity index (χ3n) is 1.67. The monoisotopic (exact) mass is 324 g/mol. The fraction of sp³-hybridized carbons (Fsp3) is 1.00. The van der Waals surface area contributed by atoms with E-state index in [0.29, 0.717) is 0 Å². The first-order valence-electron chi connectivity index (χ1n) is 4.74. The molecule has 0 heterocycles. The standard InChI is InChI=1S/2C4H11Si.ClH.In/c2*1-5(2,3)4;;/h2*1H2,2-4H3;1H;/q;;;+1/p-1. The Morgan fingerprint density at radius 1 is 0.833 bits per heavy atom. The van der Waals surface area contributed by atoms with Crippen LogP contribution in [0.3, 0.4) is 0 Å². The Bertz CT molecular complexity index is 121. The van der Waals surface area contributed by atoms with Crippen molar-refractivity contribution in [1.82, 2.24) is 0 Å². The van der Waals surface area contributed by atoms with Crippen LogP contribution in [0.25, 0.3) is 0 Å². The van der Waals surface area contributed by atoms with Crippen molar-refractivity contribution in [3.8, 4) is 0 Å². The van der Waals surface area contributed by atoms with Gasteiger partial charge in [0.25, 0.3) is 0 Å². The van der Waals surface area contributed by atoms with E-state index in [-0.39, 0.29) is 0 Å². The molecule has 0 aliphatic carbocycles. The second-order valence-electron chi connectivity index (χ2n) is 6.13. The van der Waals surface area contributed by atoms with E-state index in [2.05, 4.69) is 39.3 Å². The number of hydrogen-bond acceptors (Lipinski definition) is 0. The second-order valence-corrected chi connectivity index (χ2v) is 31.7. The molecule has 0 fully saturated rings. The molecule has 0 aromatic heterocycles. The van der Waals surface area contributed by atoms with Gasteiger partial charge in [-0.25, -0.2) is 0 Å². The summed E-state index contributed by atoms with van der Waals surface area (Å²) in [6.45, 7) is 14.7. The molecular formula is C8H22ClInSi2. The van der Waals surface area contributed by atoms with E-state index < -0.39 is 36.4 Å². The van der Waals surface area contributed by atoms with Crippen LogP contribution < -0.4 is 0 Å². The Hall–Kier alpha value is 1.59. The summed E-state index contributed by atoms with van der Waals surface area (Å²) in [5, 5.41) is 0. The van der Waals surface area contributed by atoms with Crippen molar-refractivity contribution < 1.29 is 0 Å². The summed E-state index contributed by atoms with van der Waals surface area (Å²) in [4.78, 5) is 0. The van der Waals surface area contributed by atoms with Crippen molar-refractivity contribution in [2.24, 2.45) is 0 Å². The van der Waals surface area contributed by atoms with Crippen LogP contribution in [0.1, 0.15) is 0 Å². The van der Waals surface area contributed by atoms with Crippen molar-refractivity contribution in [3.05, 3.63) is 0 Å². The fourth-order valence-corrected chi connectivity index (χ4v) is 49.7. The Morgan fingerprint density at radius 3 is 1.25 bits per heavy atom. The van der Waals surface area contributed by atoms with Gasteiger partial charge in [-0.05, 0) is 0 Å². The Balaban J connectivity index is 3.83. The summed E-state index contributed by atoms with van der Waals surface area (Å²) in [7, 11) is 4.86. The quantitative estimate of drug-likeness (QED) is 0.686. The first kappa shape index (κ1) is 13.6. The van der Waals surface area contributed by atoms with Crippen LogP contribution >= 0.6 is 8.58 Å². The molecule has 72 valence electrons. The molecule has 0 saturated carbocycles. The van der Waals surface area contributed by atoms with Crippen LogP contribution in [0, 0.1) is 0 Å². The first-order chi connectivity index (χ1) is 5.10. The number of hydrogen-bond donors (Lipinski definition) is 0.